The average Bonchev–Trinajstić information content (AvgIpc) is 3.08. The SMILES string of the molecule is CC1(C)C(=O)O[C@H](C[C@H]2CC[C@@H](COCc3ccccc3)O2)[C@@H]1O. The van der Waals surface area contributed by atoms with Crippen LogP contribution in [-0.2, 0) is 25.6 Å². The zero-order valence-electron chi connectivity index (χ0n) is 14.3. The van der Waals surface area contributed by atoms with E-state index in [0.29, 0.717) is 19.6 Å². The van der Waals surface area contributed by atoms with Crippen LogP contribution in [0.1, 0.15) is 38.7 Å². The highest BCUT2D eigenvalue weighted by atomic mass is 16.6. The lowest BCUT2D eigenvalue weighted by Crippen LogP contribution is -2.35. The smallest absolute Gasteiger partial charge is 0.314 e. The van der Waals surface area contributed by atoms with Crippen molar-refractivity contribution in [1.82, 2.24) is 0 Å². The summed E-state index contributed by atoms with van der Waals surface area (Å²) in [4.78, 5) is 11.8. The van der Waals surface area contributed by atoms with Crippen LogP contribution in [0, 0.1) is 5.41 Å². The number of aliphatic hydroxyl groups excluding tert-OH is 1. The summed E-state index contributed by atoms with van der Waals surface area (Å²) in [5.41, 5.74) is 0.317. The molecular formula is C19H26O5. The fourth-order valence-corrected chi connectivity index (χ4v) is 3.33. The number of carbonyl (C=O) groups is 1. The van der Waals surface area contributed by atoms with E-state index in [1.54, 1.807) is 13.8 Å². The van der Waals surface area contributed by atoms with Gasteiger partial charge < -0.3 is 19.3 Å². The molecule has 0 spiro atoms. The molecule has 2 aliphatic rings. The van der Waals surface area contributed by atoms with Gasteiger partial charge in [0.05, 0.1) is 30.8 Å². The number of aliphatic hydroxyl groups is 1. The van der Waals surface area contributed by atoms with Gasteiger partial charge in [-0.3, -0.25) is 4.79 Å². The molecule has 1 aromatic rings. The monoisotopic (exact) mass is 334 g/mol. The lowest BCUT2D eigenvalue weighted by molar-refractivity contribution is -0.148. The second-order valence-electron chi connectivity index (χ2n) is 7.30. The fourth-order valence-electron chi connectivity index (χ4n) is 3.33. The Kier molecular flexibility index (Phi) is 5.23. The van der Waals surface area contributed by atoms with E-state index in [2.05, 4.69) is 0 Å². The first-order valence-corrected chi connectivity index (χ1v) is 8.63. The maximum atomic E-state index is 11.8. The number of ether oxygens (including phenoxy) is 3. The van der Waals surface area contributed by atoms with Gasteiger partial charge in [-0.25, -0.2) is 0 Å². The summed E-state index contributed by atoms with van der Waals surface area (Å²) in [5.74, 6) is -0.333. The van der Waals surface area contributed by atoms with Crippen molar-refractivity contribution < 1.29 is 24.1 Å². The Morgan fingerprint density at radius 3 is 2.58 bits per heavy atom. The third-order valence-electron chi connectivity index (χ3n) is 4.98. The van der Waals surface area contributed by atoms with Gasteiger partial charge in [0.15, 0.2) is 0 Å². The number of cyclic esters (lactones) is 1. The van der Waals surface area contributed by atoms with Crippen molar-refractivity contribution in [1.29, 1.82) is 0 Å². The summed E-state index contributed by atoms with van der Waals surface area (Å²) in [6.45, 7) is 4.58. The van der Waals surface area contributed by atoms with Crippen molar-refractivity contribution in [2.45, 2.75) is 64.1 Å². The first-order chi connectivity index (χ1) is 11.5. The molecule has 0 aliphatic carbocycles. The minimum absolute atomic E-state index is 0.0108. The summed E-state index contributed by atoms with van der Waals surface area (Å²) in [6.07, 6.45) is 1.22. The lowest BCUT2D eigenvalue weighted by Gasteiger charge is -2.22. The quantitative estimate of drug-likeness (QED) is 0.810. The molecule has 1 N–H and O–H groups in total. The molecule has 1 aromatic carbocycles. The van der Waals surface area contributed by atoms with Crippen LogP contribution in [0.2, 0.25) is 0 Å². The van der Waals surface area contributed by atoms with Crippen molar-refractivity contribution in [3.8, 4) is 0 Å². The van der Waals surface area contributed by atoms with Crippen molar-refractivity contribution in [2.75, 3.05) is 6.61 Å². The highest BCUT2D eigenvalue weighted by Gasteiger charge is 2.51. The second-order valence-corrected chi connectivity index (χ2v) is 7.30. The third kappa shape index (κ3) is 3.79. The zero-order chi connectivity index (χ0) is 17.2. The molecule has 0 radical (unpaired) electrons. The first kappa shape index (κ1) is 17.4. The molecule has 4 atom stereocenters. The summed E-state index contributed by atoms with van der Waals surface area (Å²) in [7, 11) is 0. The number of hydrogen-bond donors (Lipinski definition) is 1. The van der Waals surface area contributed by atoms with Crippen LogP contribution in [0.25, 0.3) is 0 Å². The molecule has 0 unspecified atom stereocenters. The second kappa shape index (κ2) is 7.21. The molecule has 0 saturated carbocycles. The van der Waals surface area contributed by atoms with E-state index < -0.39 is 17.6 Å². The Bertz CT molecular complexity index is 556. The van der Waals surface area contributed by atoms with Crippen molar-refractivity contribution in [2.24, 2.45) is 5.41 Å². The van der Waals surface area contributed by atoms with Crippen molar-refractivity contribution in [3.63, 3.8) is 0 Å². The largest absolute Gasteiger partial charge is 0.459 e. The maximum absolute atomic E-state index is 11.8. The van der Waals surface area contributed by atoms with Crippen LogP contribution in [0.3, 0.4) is 0 Å². The molecule has 24 heavy (non-hydrogen) atoms. The molecule has 2 heterocycles. The van der Waals surface area contributed by atoms with Gasteiger partial charge in [0.2, 0.25) is 0 Å². The number of carbonyl (C=O) groups excluding carboxylic acids is 1. The Hall–Kier alpha value is -1.43. The molecule has 5 heteroatoms. The van der Waals surface area contributed by atoms with Gasteiger partial charge in [0, 0.05) is 6.42 Å². The predicted molar refractivity (Wildman–Crippen MR) is 88.3 cm³/mol. The summed E-state index contributed by atoms with van der Waals surface area (Å²) in [5, 5.41) is 10.3. The minimum atomic E-state index is -0.832. The molecule has 132 valence electrons. The van der Waals surface area contributed by atoms with Gasteiger partial charge in [-0.05, 0) is 32.3 Å². The molecule has 0 bridgehead atoms. The van der Waals surface area contributed by atoms with E-state index in [4.69, 9.17) is 14.2 Å². The Labute approximate surface area is 142 Å². The molecular weight excluding hydrogens is 308 g/mol. The van der Waals surface area contributed by atoms with Gasteiger partial charge >= 0.3 is 5.97 Å². The van der Waals surface area contributed by atoms with Gasteiger partial charge in [-0.15, -0.1) is 0 Å². The van der Waals surface area contributed by atoms with Gasteiger partial charge in [0.1, 0.15) is 12.2 Å². The van der Waals surface area contributed by atoms with E-state index >= 15 is 0 Å². The normalized spacial score (nSPS) is 32.0. The van der Waals surface area contributed by atoms with Gasteiger partial charge in [-0.1, -0.05) is 30.3 Å². The lowest BCUT2D eigenvalue weighted by atomic mass is 9.85. The molecule has 0 aromatic heterocycles. The van der Waals surface area contributed by atoms with Crippen LogP contribution >= 0.6 is 0 Å². The van der Waals surface area contributed by atoms with E-state index in [-0.39, 0.29) is 18.2 Å². The fraction of sp³-hybridized carbons (Fsp3) is 0.632. The van der Waals surface area contributed by atoms with Crippen LogP contribution < -0.4 is 0 Å². The van der Waals surface area contributed by atoms with Crippen LogP contribution in [-0.4, -0.2) is 42.1 Å². The average molecular weight is 334 g/mol. The molecule has 3 rings (SSSR count). The molecule has 2 aliphatic heterocycles. The zero-order valence-corrected chi connectivity index (χ0v) is 14.3. The standard InChI is InChI=1S/C19H26O5/c1-19(2)17(20)16(24-18(19)21)10-14-8-9-15(23-14)12-22-11-13-6-4-3-5-7-13/h3-7,14-17,20H,8-12H2,1-2H3/t14-,15+,16-,17+/m1/s1. The van der Waals surface area contributed by atoms with Crippen LogP contribution in [0.15, 0.2) is 30.3 Å². The van der Waals surface area contributed by atoms with Crippen LogP contribution in [0.5, 0.6) is 0 Å². The third-order valence-corrected chi connectivity index (χ3v) is 4.98. The van der Waals surface area contributed by atoms with Gasteiger partial charge in [-0.2, -0.15) is 0 Å². The Morgan fingerprint density at radius 2 is 1.92 bits per heavy atom. The summed E-state index contributed by atoms with van der Waals surface area (Å²) < 4.78 is 17.0. The number of esters is 1. The summed E-state index contributed by atoms with van der Waals surface area (Å²) >= 11 is 0. The van der Waals surface area contributed by atoms with E-state index in [0.717, 1.165) is 18.4 Å². The van der Waals surface area contributed by atoms with Gasteiger partial charge in [0.25, 0.3) is 0 Å². The first-order valence-electron chi connectivity index (χ1n) is 8.63. The highest BCUT2D eigenvalue weighted by molar-refractivity contribution is 5.79. The van der Waals surface area contributed by atoms with Crippen molar-refractivity contribution in [3.05, 3.63) is 35.9 Å². The van der Waals surface area contributed by atoms with E-state index in [9.17, 15) is 9.90 Å². The van der Waals surface area contributed by atoms with Crippen molar-refractivity contribution >= 4 is 5.97 Å². The molecule has 0 amide bonds. The Balaban J connectivity index is 1.40. The Morgan fingerprint density at radius 1 is 1.21 bits per heavy atom. The number of benzene rings is 1. The molecule has 5 nitrogen and oxygen atoms in total. The predicted octanol–water partition coefficient (Wildman–Crippen LogP) is 2.45. The van der Waals surface area contributed by atoms with E-state index in [1.165, 1.54) is 0 Å². The topological polar surface area (TPSA) is 65.0 Å². The molecule has 2 fully saturated rings. The molecule has 2 saturated heterocycles. The minimum Gasteiger partial charge on any atom is -0.459 e. The number of hydrogen-bond acceptors (Lipinski definition) is 5. The van der Waals surface area contributed by atoms with Crippen LogP contribution in [0.4, 0.5) is 0 Å². The summed E-state index contributed by atoms with van der Waals surface area (Å²) in [6, 6.07) is 10.1. The number of rotatable bonds is 6. The highest BCUT2D eigenvalue weighted by Crippen LogP contribution is 2.37. The van der Waals surface area contributed by atoms with E-state index in [1.807, 2.05) is 30.3 Å². The maximum Gasteiger partial charge on any atom is 0.314 e.